The Morgan fingerprint density at radius 1 is 1.13 bits per heavy atom. The third-order valence-corrected chi connectivity index (χ3v) is 3.04. The molecule has 0 atom stereocenters. The minimum Gasteiger partial charge on any atom is -0.496 e. The maximum absolute atomic E-state index is 13.4. The zero-order chi connectivity index (χ0) is 16.8. The molecule has 2 aromatic carbocycles. The van der Waals surface area contributed by atoms with Gasteiger partial charge in [-0.1, -0.05) is 12.1 Å². The van der Waals surface area contributed by atoms with E-state index in [0.717, 1.165) is 6.07 Å². The molecular weight excluding hydrogens is 301 g/mol. The molecule has 0 aliphatic heterocycles. The van der Waals surface area contributed by atoms with Crippen molar-refractivity contribution >= 4 is 23.2 Å². The number of hydrogen-bond acceptors (Lipinski definition) is 4. The fourth-order valence-corrected chi connectivity index (χ4v) is 1.95. The molecule has 23 heavy (non-hydrogen) atoms. The molecule has 120 valence electrons. The highest BCUT2D eigenvalue weighted by Crippen LogP contribution is 2.25. The molecule has 0 saturated carbocycles. The Bertz CT molecular complexity index is 734. The van der Waals surface area contributed by atoms with E-state index in [9.17, 15) is 14.0 Å². The second-order valence-corrected chi connectivity index (χ2v) is 4.60. The molecule has 7 heteroatoms. The van der Waals surface area contributed by atoms with E-state index in [1.165, 1.54) is 19.2 Å². The quantitative estimate of drug-likeness (QED) is 0.786. The van der Waals surface area contributed by atoms with Gasteiger partial charge in [-0.05, 0) is 30.3 Å². The highest BCUT2D eigenvalue weighted by atomic mass is 19.1. The minimum atomic E-state index is -0.549. The summed E-state index contributed by atoms with van der Waals surface area (Å²) in [5, 5.41) is 5.05. The maximum Gasteiger partial charge on any atom is 0.259 e. The van der Waals surface area contributed by atoms with Gasteiger partial charge in [0.15, 0.2) is 0 Å². The summed E-state index contributed by atoms with van der Waals surface area (Å²) in [6.07, 6.45) is 0. The van der Waals surface area contributed by atoms with E-state index in [-0.39, 0.29) is 17.9 Å². The molecule has 0 aliphatic rings. The predicted octanol–water partition coefficient (Wildman–Crippen LogP) is 1.98. The highest BCUT2D eigenvalue weighted by molar-refractivity contribution is 6.08. The van der Waals surface area contributed by atoms with E-state index in [1.54, 1.807) is 24.3 Å². The molecule has 0 radical (unpaired) electrons. The molecule has 0 bridgehead atoms. The van der Waals surface area contributed by atoms with Crippen LogP contribution in [0.15, 0.2) is 42.5 Å². The summed E-state index contributed by atoms with van der Waals surface area (Å²) in [4.78, 5) is 23.8. The standard InChI is InChI=1S/C16H16FN3O3/c1-23-14-5-3-2-4-11(14)16(22)20-12-7-6-10(17)8-13(12)19-15(21)9-18/h2-8H,9,18H2,1H3,(H,19,21)(H,20,22). The van der Waals surface area contributed by atoms with Gasteiger partial charge in [-0.3, -0.25) is 9.59 Å². The van der Waals surface area contributed by atoms with Crippen molar-refractivity contribution in [1.82, 2.24) is 0 Å². The Morgan fingerprint density at radius 2 is 1.87 bits per heavy atom. The molecule has 2 rings (SSSR count). The number of carbonyl (C=O) groups excluding carboxylic acids is 2. The first kappa shape index (κ1) is 16.4. The molecule has 0 heterocycles. The van der Waals surface area contributed by atoms with Crippen LogP contribution in [-0.4, -0.2) is 25.5 Å². The average molecular weight is 317 g/mol. The molecule has 0 fully saturated rings. The second-order valence-electron chi connectivity index (χ2n) is 4.60. The third kappa shape index (κ3) is 4.04. The van der Waals surface area contributed by atoms with Crippen molar-refractivity contribution in [2.24, 2.45) is 5.73 Å². The lowest BCUT2D eigenvalue weighted by atomic mass is 10.1. The van der Waals surface area contributed by atoms with E-state index in [1.807, 2.05) is 0 Å². The summed E-state index contributed by atoms with van der Waals surface area (Å²) in [5.41, 5.74) is 5.93. The molecule has 6 nitrogen and oxygen atoms in total. The van der Waals surface area contributed by atoms with E-state index < -0.39 is 17.6 Å². The lowest BCUT2D eigenvalue weighted by Gasteiger charge is -2.13. The van der Waals surface area contributed by atoms with Gasteiger partial charge >= 0.3 is 0 Å². The number of nitrogens with one attached hydrogen (secondary N) is 2. The van der Waals surface area contributed by atoms with Crippen LogP contribution in [0.5, 0.6) is 5.75 Å². The molecule has 2 aromatic rings. The first-order valence-corrected chi connectivity index (χ1v) is 6.79. The van der Waals surface area contributed by atoms with Crippen molar-refractivity contribution < 1.29 is 18.7 Å². The molecular formula is C16H16FN3O3. The number of ether oxygens (including phenoxy) is 1. The average Bonchev–Trinajstić information content (AvgIpc) is 2.57. The molecule has 0 aliphatic carbocycles. The fraction of sp³-hybridized carbons (Fsp3) is 0.125. The van der Waals surface area contributed by atoms with Crippen LogP contribution in [0.25, 0.3) is 0 Å². The number of carbonyl (C=O) groups is 2. The molecule has 0 aromatic heterocycles. The fourth-order valence-electron chi connectivity index (χ4n) is 1.95. The Balaban J connectivity index is 2.28. The number of para-hydroxylation sites is 1. The zero-order valence-corrected chi connectivity index (χ0v) is 12.4. The number of anilines is 2. The molecule has 0 unspecified atom stereocenters. The SMILES string of the molecule is COc1ccccc1C(=O)Nc1ccc(F)cc1NC(=O)CN. The summed E-state index contributed by atoms with van der Waals surface area (Å²) in [6, 6.07) is 10.3. The van der Waals surface area contributed by atoms with Crippen LogP contribution in [-0.2, 0) is 4.79 Å². The van der Waals surface area contributed by atoms with Gasteiger partial charge in [-0.15, -0.1) is 0 Å². The monoisotopic (exact) mass is 317 g/mol. The molecule has 2 amide bonds. The Morgan fingerprint density at radius 3 is 2.57 bits per heavy atom. The van der Waals surface area contributed by atoms with Gasteiger partial charge in [0.2, 0.25) is 5.91 Å². The summed E-state index contributed by atoms with van der Waals surface area (Å²) in [6.45, 7) is -0.254. The number of halogens is 1. The van der Waals surface area contributed by atoms with Crippen LogP contribution < -0.4 is 21.1 Å². The summed E-state index contributed by atoms with van der Waals surface area (Å²) >= 11 is 0. The second kappa shape index (κ2) is 7.37. The normalized spacial score (nSPS) is 10.0. The number of rotatable bonds is 5. The van der Waals surface area contributed by atoms with E-state index in [2.05, 4.69) is 10.6 Å². The molecule has 0 spiro atoms. The molecule has 4 N–H and O–H groups in total. The van der Waals surface area contributed by atoms with Gasteiger partial charge in [-0.25, -0.2) is 4.39 Å². The van der Waals surface area contributed by atoms with Gasteiger partial charge in [0.1, 0.15) is 11.6 Å². The summed E-state index contributed by atoms with van der Waals surface area (Å²) in [5.74, 6) is -1.09. The van der Waals surface area contributed by atoms with E-state index in [0.29, 0.717) is 11.3 Å². The smallest absolute Gasteiger partial charge is 0.259 e. The lowest BCUT2D eigenvalue weighted by molar-refractivity contribution is -0.114. The van der Waals surface area contributed by atoms with Crippen molar-refractivity contribution in [3.8, 4) is 5.75 Å². The van der Waals surface area contributed by atoms with Crippen molar-refractivity contribution in [3.05, 3.63) is 53.8 Å². The van der Waals surface area contributed by atoms with Crippen molar-refractivity contribution in [3.63, 3.8) is 0 Å². The van der Waals surface area contributed by atoms with Gasteiger partial charge < -0.3 is 21.1 Å². The number of amides is 2. The van der Waals surface area contributed by atoms with Crippen LogP contribution >= 0.6 is 0 Å². The molecule has 0 saturated heterocycles. The topological polar surface area (TPSA) is 93.5 Å². The maximum atomic E-state index is 13.4. The zero-order valence-electron chi connectivity index (χ0n) is 12.4. The lowest BCUT2D eigenvalue weighted by Crippen LogP contribution is -2.23. The number of methoxy groups -OCH3 is 1. The van der Waals surface area contributed by atoms with E-state index >= 15 is 0 Å². The van der Waals surface area contributed by atoms with E-state index in [4.69, 9.17) is 10.5 Å². The number of nitrogens with two attached hydrogens (primary N) is 1. The van der Waals surface area contributed by atoms with Crippen LogP contribution in [0.3, 0.4) is 0 Å². The Hall–Kier alpha value is -2.93. The first-order chi connectivity index (χ1) is 11.0. The minimum absolute atomic E-state index is 0.128. The van der Waals surface area contributed by atoms with Gasteiger partial charge in [0.25, 0.3) is 5.91 Å². The van der Waals surface area contributed by atoms with Crippen molar-refractivity contribution in [1.29, 1.82) is 0 Å². The summed E-state index contributed by atoms with van der Waals surface area (Å²) < 4.78 is 18.5. The van der Waals surface area contributed by atoms with Crippen LogP contribution in [0.1, 0.15) is 10.4 Å². The highest BCUT2D eigenvalue weighted by Gasteiger charge is 2.14. The van der Waals surface area contributed by atoms with Gasteiger partial charge in [-0.2, -0.15) is 0 Å². The van der Waals surface area contributed by atoms with Crippen LogP contribution in [0, 0.1) is 5.82 Å². The van der Waals surface area contributed by atoms with Crippen LogP contribution in [0.2, 0.25) is 0 Å². The predicted molar refractivity (Wildman–Crippen MR) is 85.0 cm³/mol. The first-order valence-electron chi connectivity index (χ1n) is 6.79. The summed E-state index contributed by atoms with van der Waals surface area (Å²) in [7, 11) is 1.46. The number of benzene rings is 2. The van der Waals surface area contributed by atoms with Crippen LogP contribution in [0.4, 0.5) is 15.8 Å². The van der Waals surface area contributed by atoms with Gasteiger partial charge in [0, 0.05) is 0 Å². The Kier molecular flexibility index (Phi) is 5.27. The third-order valence-electron chi connectivity index (χ3n) is 3.04. The van der Waals surface area contributed by atoms with Gasteiger partial charge in [0.05, 0.1) is 30.6 Å². The Labute approximate surface area is 132 Å². The van der Waals surface area contributed by atoms with Crippen molar-refractivity contribution in [2.45, 2.75) is 0 Å². The van der Waals surface area contributed by atoms with Crippen molar-refractivity contribution in [2.75, 3.05) is 24.3 Å². The number of hydrogen-bond donors (Lipinski definition) is 3. The largest absolute Gasteiger partial charge is 0.496 e.